The number of fused-ring (bicyclic) bond motifs is 1. The van der Waals surface area contributed by atoms with Gasteiger partial charge in [-0.3, -0.25) is 9.59 Å². The van der Waals surface area contributed by atoms with Crippen LogP contribution in [0.3, 0.4) is 0 Å². The second kappa shape index (κ2) is 11.0. The van der Waals surface area contributed by atoms with E-state index in [9.17, 15) is 19.2 Å². The van der Waals surface area contributed by atoms with E-state index in [4.69, 9.17) is 4.74 Å². The van der Waals surface area contributed by atoms with Gasteiger partial charge >= 0.3 is 12.1 Å². The Morgan fingerprint density at radius 2 is 1.74 bits per heavy atom. The van der Waals surface area contributed by atoms with Crippen LogP contribution >= 0.6 is 0 Å². The van der Waals surface area contributed by atoms with Crippen molar-refractivity contribution in [2.24, 2.45) is 0 Å². The Bertz CT molecular complexity index is 875. The highest BCUT2D eigenvalue weighted by Crippen LogP contribution is 2.21. The van der Waals surface area contributed by atoms with Crippen molar-refractivity contribution in [1.82, 2.24) is 15.2 Å². The van der Waals surface area contributed by atoms with Gasteiger partial charge in [0.05, 0.1) is 14.2 Å². The number of ether oxygens (including phenoxy) is 2. The molecule has 2 N–H and O–H groups in total. The number of nitrogens with one attached hydrogen (secondary N) is 2. The minimum absolute atomic E-state index is 0.0113. The molecule has 2 amide bonds. The van der Waals surface area contributed by atoms with Gasteiger partial charge in [0.15, 0.2) is 0 Å². The third-order valence-electron chi connectivity index (χ3n) is 5.48. The number of alkyl carbamates (subject to hydrolysis) is 1. The van der Waals surface area contributed by atoms with E-state index in [1.807, 2.05) is 0 Å². The van der Waals surface area contributed by atoms with E-state index >= 15 is 0 Å². The van der Waals surface area contributed by atoms with Crippen molar-refractivity contribution in [3.8, 4) is 0 Å². The first-order valence-corrected chi connectivity index (χ1v) is 10.7. The summed E-state index contributed by atoms with van der Waals surface area (Å²) in [5, 5.41) is 5.22. The lowest BCUT2D eigenvalue weighted by Gasteiger charge is -2.24. The predicted octanol–water partition coefficient (Wildman–Crippen LogP) is 1.93. The number of nitrogens with zero attached hydrogens (tertiary/aromatic N) is 1. The van der Waals surface area contributed by atoms with Crippen LogP contribution in [0, 0.1) is 0 Å². The Kier molecular flexibility index (Phi) is 8.65. The van der Waals surface area contributed by atoms with Gasteiger partial charge in [-0.2, -0.15) is 0 Å². The minimum atomic E-state index is -1.27. The molecule has 0 bridgehead atoms. The van der Waals surface area contributed by atoms with Crippen molar-refractivity contribution in [1.29, 1.82) is 0 Å². The van der Waals surface area contributed by atoms with E-state index < -0.39 is 29.1 Å². The van der Waals surface area contributed by atoms with Gasteiger partial charge in [0.25, 0.3) is 11.5 Å². The summed E-state index contributed by atoms with van der Waals surface area (Å²) < 4.78 is 11.0. The molecule has 0 aromatic carbocycles. The summed E-state index contributed by atoms with van der Waals surface area (Å²) >= 11 is 0. The van der Waals surface area contributed by atoms with Gasteiger partial charge in [0.1, 0.15) is 11.1 Å². The largest absolute Gasteiger partial charge is 0.467 e. The van der Waals surface area contributed by atoms with E-state index in [0.29, 0.717) is 19.5 Å². The monoisotopic (exact) mass is 435 g/mol. The summed E-state index contributed by atoms with van der Waals surface area (Å²) in [6.07, 6.45) is 5.73. The molecule has 0 aliphatic heterocycles. The second-order valence-corrected chi connectivity index (χ2v) is 8.24. The van der Waals surface area contributed by atoms with Gasteiger partial charge in [-0.1, -0.05) is 12.8 Å². The summed E-state index contributed by atoms with van der Waals surface area (Å²) in [4.78, 5) is 49.4. The topological polar surface area (TPSA) is 116 Å². The number of methoxy groups -OCH3 is 2. The Labute approximate surface area is 182 Å². The summed E-state index contributed by atoms with van der Waals surface area (Å²) in [6, 6.07) is 1.68. The number of hydrogen-bond acceptors (Lipinski definition) is 6. The summed E-state index contributed by atoms with van der Waals surface area (Å²) in [5.74, 6) is -1.20. The number of hydrogen-bond donors (Lipinski definition) is 2. The van der Waals surface area contributed by atoms with Crippen LogP contribution in [0.1, 0.15) is 67.6 Å². The fourth-order valence-electron chi connectivity index (χ4n) is 3.79. The molecule has 0 saturated carbocycles. The van der Waals surface area contributed by atoms with Crippen molar-refractivity contribution in [2.45, 2.75) is 70.9 Å². The standard InChI is InChI=1S/C22H33N3O6/c1-22(2,20(28)30-3)24-18(26)16-14-15-10-7-5-6-8-11-17(15)25(19(16)27)13-9-12-23-21(29)31-4/h14H,5-13H2,1-4H3,(H,23,29)(H,24,26). The maximum atomic E-state index is 13.3. The number of pyridine rings is 1. The number of carbonyl (C=O) groups is 3. The molecule has 172 valence electrons. The molecule has 0 unspecified atom stereocenters. The molecule has 1 aromatic rings. The van der Waals surface area contributed by atoms with Gasteiger partial charge in [-0.25, -0.2) is 9.59 Å². The summed E-state index contributed by atoms with van der Waals surface area (Å²) in [5.41, 5.74) is 0.290. The molecule has 1 aliphatic carbocycles. The molecule has 1 heterocycles. The van der Waals surface area contributed by atoms with Crippen LogP contribution in [0.4, 0.5) is 4.79 Å². The Morgan fingerprint density at radius 3 is 2.39 bits per heavy atom. The highest BCUT2D eigenvalue weighted by Gasteiger charge is 2.32. The number of aromatic nitrogens is 1. The number of rotatable bonds is 7. The molecule has 0 fully saturated rings. The zero-order valence-electron chi connectivity index (χ0n) is 18.8. The first-order valence-electron chi connectivity index (χ1n) is 10.7. The predicted molar refractivity (Wildman–Crippen MR) is 115 cm³/mol. The van der Waals surface area contributed by atoms with Gasteiger partial charge in [-0.15, -0.1) is 0 Å². The first kappa shape index (κ1) is 24.4. The van der Waals surface area contributed by atoms with E-state index in [1.165, 1.54) is 28.1 Å². The first-order chi connectivity index (χ1) is 14.7. The van der Waals surface area contributed by atoms with E-state index in [0.717, 1.165) is 49.8 Å². The second-order valence-electron chi connectivity index (χ2n) is 8.24. The van der Waals surface area contributed by atoms with Crippen molar-refractivity contribution < 1.29 is 23.9 Å². The molecule has 1 aliphatic rings. The lowest BCUT2D eigenvalue weighted by Crippen LogP contribution is -2.51. The average Bonchev–Trinajstić information content (AvgIpc) is 2.71. The van der Waals surface area contributed by atoms with Crippen LogP contribution in [0.25, 0.3) is 0 Å². The zero-order chi connectivity index (χ0) is 23.0. The lowest BCUT2D eigenvalue weighted by atomic mass is 9.95. The fourth-order valence-corrected chi connectivity index (χ4v) is 3.79. The number of amides is 2. The SMILES string of the molecule is COC(=O)NCCCn1c2c(cc(C(=O)NC(C)(C)C(=O)OC)c1=O)CCCCCC2. The molecule has 31 heavy (non-hydrogen) atoms. The number of aryl methyl sites for hydroxylation is 1. The van der Waals surface area contributed by atoms with E-state index in [-0.39, 0.29) is 5.56 Å². The third kappa shape index (κ3) is 6.32. The van der Waals surface area contributed by atoms with Gasteiger partial charge in [-0.05, 0) is 57.6 Å². The van der Waals surface area contributed by atoms with Gasteiger partial charge in [0, 0.05) is 18.8 Å². The zero-order valence-corrected chi connectivity index (χ0v) is 18.8. The number of carbonyl (C=O) groups excluding carboxylic acids is 3. The molecule has 0 spiro atoms. The van der Waals surface area contributed by atoms with Crippen molar-refractivity contribution in [2.75, 3.05) is 20.8 Å². The minimum Gasteiger partial charge on any atom is -0.467 e. The van der Waals surface area contributed by atoms with Crippen LogP contribution in [0.2, 0.25) is 0 Å². The van der Waals surface area contributed by atoms with Crippen LogP contribution in [-0.4, -0.2) is 48.8 Å². The molecule has 0 radical (unpaired) electrons. The van der Waals surface area contributed by atoms with Gasteiger partial charge < -0.3 is 24.7 Å². The number of esters is 1. The van der Waals surface area contributed by atoms with Crippen LogP contribution < -0.4 is 16.2 Å². The van der Waals surface area contributed by atoms with E-state index in [1.54, 1.807) is 10.6 Å². The third-order valence-corrected chi connectivity index (χ3v) is 5.48. The van der Waals surface area contributed by atoms with Crippen molar-refractivity contribution in [3.63, 3.8) is 0 Å². The molecular weight excluding hydrogens is 402 g/mol. The lowest BCUT2D eigenvalue weighted by molar-refractivity contribution is -0.146. The van der Waals surface area contributed by atoms with Gasteiger partial charge in [0.2, 0.25) is 0 Å². The maximum Gasteiger partial charge on any atom is 0.406 e. The Hall–Kier alpha value is -2.84. The smallest absolute Gasteiger partial charge is 0.406 e. The quantitative estimate of drug-likeness (QED) is 0.499. The van der Waals surface area contributed by atoms with Crippen LogP contribution in [0.15, 0.2) is 10.9 Å². The molecule has 0 saturated heterocycles. The van der Waals surface area contributed by atoms with Crippen molar-refractivity contribution in [3.05, 3.63) is 33.2 Å². The molecule has 1 aromatic heterocycles. The maximum absolute atomic E-state index is 13.3. The van der Waals surface area contributed by atoms with E-state index in [2.05, 4.69) is 15.4 Å². The van der Waals surface area contributed by atoms with Crippen LogP contribution in [-0.2, 0) is 33.7 Å². The Balaban J connectivity index is 2.36. The molecule has 2 rings (SSSR count). The normalized spacial score (nSPS) is 13.9. The average molecular weight is 436 g/mol. The molecular formula is C22H33N3O6. The molecule has 9 nitrogen and oxygen atoms in total. The fraction of sp³-hybridized carbons (Fsp3) is 0.636. The molecule has 9 heteroatoms. The summed E-state index contributed by atoms with van der Waals surface area (Å²) in [6.45, 7) is 3.77. The summed E-state index contributed by atoms with van der Waals surface area (Å²) in [7, 11) is 2.54. The molecule has 0 atom stereocenters. The van der Waals surface area contributed by atoms with Crippen molar-refractivity contribution >= 4 is 18.0 Å². The van der Waals surface area contributed by atoms with Crippen LogP contribution in [0.5, 0.6) is 0 Å². The Morgan fingerprint density at radius 1 is 1.06 bits per heavy atom. The highest BCUT2D eigenvalue weighted by molar-refractivity contribution is 5.97. The highest BCUT2D eigenvalue weighted by atomic mass is 16.5.